The fourth-order valence-electron chi connectivity index (χ4n) is 6.12. The summed E-state index contributed by atoms with van der Waals surface area (Å²) in [4.78, 5) is 0. The van der Waals surface area contributed by atoms with Gasteiger partial charge in [0.1, 0.15) is 0 Å². The first-order valence-corrected chi connectivity index (χ1v) is 17.4. The number of halogens is 6. The van der Waals surface area contributed by atoms with E-state index in [0.29, 0.717) is 10.6 Å². The van der Waals surface area contributed by atoms with Crippen LogP contribution in [0.5, 0.6) is 0 Å². The Bertz CT molecular complexity index is 1580. The third-order valence-corrected chi connectivity index (χ3v) is 13.3. The molecule has 0 N–H and O–H groups in total. The molecular weight excluding hydrogens is 620 g/mol. The summed E-state index contributed by atoms with van der Waals surface area (Å²) in [6.07, 6.45) is -2.84. The average Bonchev–Trinajstić information content (AvgIpc) is 3.41. The zero-order chi connectivity index (χ0) is 32.7. The standard InChI is InChI=1S/C37H34F6P2/c1-23-17-24(2)20-32(19-23)44(33-21-25(3)18-26(4)22-33)27(5)34-7-6-8-35(34)45(30-13-9-28(10-14-30)36(38,39)40)31-15-11-29(12-16-31)37(41,42)43/h6-22,27,34H,1-5H3. The predicted molar refractivity (Wildman–Crippen MR) is 177 cm³/mol. The molecule has 8 heteroatoms. The Morgan fingerprint density at radius 2 is 0.933 bits per heavy atom. The molecule has 0 radical (unpaired) electrons. The Kier molecular flexibility index (Phi) is 9.50. The lowest BCUT2D eigenvalue weighted by atomic mass is 10.1. The van der Waals surface area contributed by atoms with Gasteiger partial charge in [0.15, 0.2) is 0 Å². The topological polar surface area (TPSA) is 0 Å². The lowest BCUT2D eigenvalue weighted by Crippen LogP contribution is -2.28. The number of alkyl halides is 6. The largest absolute Gasteiger partial charge is 0.416 e. The van der Waals surface area contributed by atoms with Crippen LogP contribution in [0.15, 0.2) is 108 Å². The summed E-state index contributed by atoms with van der Waals surface area (Å²) in [5.41, 5.74) is 3.25. The summed E-state index contributed by atoms with van der Waals surface area (Å²) in [7, 11) is -2.33. The Morgan fingerprint density at radius 1 is 0.556 bits per heavy atom. The van der Waals surface area contributed by atoms with Gasteiger partial charge in [-0.1, -0.05) is 108 Å². The first-order chi connectivity index (χ1) is 21.1. The Morgan fingerprint density at radius 3 is 1.29 bits per heavy atom. The van der Waals surface area contributed by atoms with Gasteiger partial charge in [0.05, 0.1) is 11.1 Å². The van der Waals surface area contributed by atoms with Gasteiger partial charge < -0.3 is 0 Å². The van der Waals surface area contributed by atoms with Crippen molar-refractivity contribution in [2.75, 3.05) is 0 Å². The third kappa shape index (κ3) is 7.45. The van der Waals surface area contributed by atoms with Crippen LogP contribution in [-0.2, 0) is 12.4 Å². The summed E-state index contributed by atoms with van der Waals surface area (Å²) >= 11 is 0. The van der Waals surface area contributed by atoms with Crippen molar-refractivity contribution >= 4 is 37.1 Å². The van der Waals surface area contributed by atoms with E-state index >= 15 is 0 Å². The molecule has 0 saturated carbocycles. The maximum Gasteiger partial charge on any atom is 0.416 e. The first-order valence-electron chi connectivity index (χ1n) is 14.6. The van der Waals surface area contributed by atoms with Crippen molar-refractivity contribution in [1.29, 1.82) is 0 Å². The summed E-state index contributed by atoms with van der Waals surface area (Å²) in [5, 5.41) is 4.82. The zero-order valence-electron chi connectivity index (χ0n) is 25.6. The van der Waals surface area contributed by atoms with E-state index in [9.17, 15) is 26.3 Å². The van der Waals surface area contributed by atoms with Crippen LogP contribution < -0.4 is 21.2 Å². The van der Waals surface area contributed by atoms with Crippen molar-refractivity contribution in [2.45, 2.75) is 52.6 Å². The van der Waals surface area contributed by atoms with Crippen molar-refractivity contribution in [1.82, 2.24) is 0 Å². The SMILES string of the molecule is Cc1cc(C)cc(P(c2cc(C)cc(C)c2)C(C)C2C=CC=C2P(c2ccc(C(F)(F)F)cc2)c2ccc(C(F)(F)F)cc2)c1. The molecule has 234 valence electrons. The van der Waals surface area contributed by atoms with Gasteiger partial charge in [-0.3, -0.25) is 0 Å². The molecule has 2 unspecified atom stereocenters. The second-order valence-corrected chi connectivity index (χ2v) is 16.5. The molecule has 0 heterocycles. The van der Waals surface area contributed by atoms with Crippen LogP contribution in [0, 0.1) is 33.6 Å². The predicted octanol–water partition coefficient (Wildman–Crippen LogP) is 9.98. The van der Waals surface area contributed by atoms with E-state index in [2.05, 4.69) is 77.1 Å². The van der Waals surface area contributed by atoms with E-state index in [1.165, 1.54) is 57.1 Å². The quantitative estimate of drug-likeness (QED) is 0.138. The summed E-state index contributed by atoms with van der Waals surface area (Å²) in [5.74, 6) is -0.0755. The average molecular weight is 655 g/mol. The lowest BCUT2D eigenvalue weighted by molar-refractivity contribution is -0.138. The van der Waals surface area contributed by atoms with Gasteiger partial charge in [0, 0.05) is 5.92 Å². The summed E-state index contributed by atoms with van der Waals surface area (Å²) in [6.45, 7) is 10.6. The van der Waals surface area contributed by atoms with Crippen molar-refractivity contribution < 1.29 is 26.3 Å². The molecule has 4 aromatic rings. The van der Waals surface area contributed by atoms with E-state index < -0.39 is 39.3 Å². The van der Waals surface area contributed by atoms with Crippen molar-refractivity contribution in [3.05, 3.63) is 142 Å². The third-order valence-electron chi connectivity index (χ3n) is 7.99. The minimum atomic E-state index is -4.49. The van der Waals surface area contributed by atoms with Crippen LogP contribution in [-0.4, -0.2) is 5.66 Å². The summed E-state index contributed by atoms with van der Waals surface area (Å²) in [6, 6.07) is 23.4. The number of aryl methyl sites for hydroxylation is 4. The van der Waals surface area contributed by atoms with Gasteiger partial charge in [0.2, 0.25) is 0 Å². The highest BCUT2D eigenvalue weighted by Gasteiger charge is 2.37. The highest BCUT2D eigenvalue weighted by atomic mass is 31.1. The molecule has 0 nitrogen and oxygen atoms in total. The highest BCUT2D eigenvalue weighted by Crippen LogP contribution is 2.55. The lowest BCUT2D eigenvalue weighted by Gasteiger charge is -2.34. The molecule has 45 heavy (non-hydrogen) atoms. The zero-order valence-corrected chi connectivity index (χ0v) is 27.4. The van der Waals surface area contributed by atoms with Crippen molar-refractivity contribution in [3.8, 4) is 0 Å². The van der Waals surface area contributed by atoms with Gasteiger partial charge in [0.25, 0.3) is 0 Å². The van der Waals surface area contributed by atoms with E-state index in [4.69, 9.17) is 0 Å². The van der Waals surface area contributed by atoms with E-state index in [1.54, 1.807) is 0 Å². The molecule has 0 spiro atoms. The van der Waals surface area contributed by atoms with E-state index in [-0.39, 0.29) is 11.6 Å². The second-order valence-electron chi connectivity index (χ2n) is 11.7. The Balaban J connectivity index is 1.63. The maximum absolute atomic E-state index is 13.5. The molecule has 4 aromatic carbocycles. The monoisotopic (exact) mass is 654 g/mol. The van der Waals surface area contributed by atoms with Crippen molar-refractivity contribution in [2.24, 2.45) is 5.92 Å². The van der Waals surface area contributed by atoms with Gasteiger partial charge in [-0.15, -0.1) is 0 Å². The molecule has 0 aliphatic heterocycles. The molecule has 0 bridgehead atoms. The molecule has 0 saturated heterocycles. The van der Waals surface area contributed by atoms with Crippen LogP contribution in [0.2, 0.25) is 0 Å². The summed E-state index contributed by atoms with van der Waals surface area (Å²) < 4.78 is 80.8. The van der Waals surface area contributed by atoms with E-state index in [1.807, 2.05) is 12.2 Å². The molecule has 0 fully saturated rings. The van der Waals surface area contributed by atoms with Gasteiger partial charge in [-0.25, -0.2) is 0 Å². The van der Waals surface area contributed by atoms with Gasteiger partial charge in [-0.05, 0) is 100.0 Å². The second kappa shape index (κ2) is 12.9. The Hall–Kier alpha value is -3.20. The number of rotatable bonds is 7. The smallest absolute Gasteiger partial charge is 0.166 e. The van der Waals surface area contributed by atoms with E-state index in [0.717, 1.165) is 29.6 Å². The van der Waals surface area contributed by atoms with Crippen LogP contribution in [0.25, 0.3) is 0 Å². The van der Waals surface area contributed by atoms with Crippen molar-refractivity contribution in [3.63, 3.8) is 0 Å². The van der Waals surface area contributed by atoms with Crippen LogP contribution >= 0.6 is 15.8 Å². The highest BCUT2D eigenvalue weighted by molar-refractivity contribution is 7.77. The number of hydrogen-bond acceptors (Lipinski definition) is 0. The van der Waals surface area contributed by atoms with Crippen LogP contribution in [0.3, 0.4) is 0 Å². The molecule has 5 rings (SSSR count). The number of allylic oxidation sites excluding steroid dienone is 4. The fraction of sp³-hybridized carbons (Fsp3) is 0.243. The first kappa shape index (κ1) is 33.2. The number of hydrogen-bond donors (Lipinski definition) is 0. The minimum absolute atomic E-state index is 0.0755. The maximum atomic E-state index is 13.5. The minimum Gasteiger partial charge on any atom is -0.166 e. The molecule has 2 atom stereocenters. The van der Waals surface area contributed by atoms with Gasteiger partial charge >= 0.3 is 12.4 Å². The molecular formula is C37H34F6P2. The Labute approximate surface area is 263 Å². The molecule has 1 aliphatic carbocycles. The van der Waals surface area contributed by atoms with Crippen LogP contribution in [0.4, 0.5) is 26.3 Å². The normalized spacial score (nSPS) is 16.0. The number of benzene rings is 4. The molecule has 1 aliphatic rings. The van der Waals surface area contributed by atoms with Gasteiger partial charge in [-0.2, -0.15) is 26.3 Å². The molecule has 0 amide bonds. The fourth-order valence-corrected chi connectivity index (χ4v) is 12.1. The molecule has 0 aromatic heterocycles. The van der Waals surface area contributed by atoms with Crippen LogP contribution in [0.1, 0.15) is 40.3 Å².